The molecule has 0 unspecified atom stereocenters. The number of aromatic nitrogens is 2. The van der Waals surface area contributed by atoms with Gasteiger partial charge in [-0.15, -0.1) is 0 Å². The molecule has 4 rings (SSSR count). The molecule has 0 spiro atoms. The second-order valence-electron chi connectivity index (χ2n) is 7.73. The maximum Gasteiger partial charge on any atom is 0.253 e. The summed E-state index contributed by atoms with van der Waals surface area (Å²) in [5.41, 5.74) is 3.75. The Balaban J connectivity index is 1.55. The molecule has 31 heavy (non-hydrogen) atoms. The Morgan fingerprint density at radius 1 is 1.19 bits per heavy atom. The summed E-state index contributed by atoms with van der Waals surface area (Å²) in [6, 6.07) is 13.1. The summed E-state index contributed by atoms with van der Waals surface area (Å²) in [4.78, 5) is 32.2. The third-order valence-corrected chi connectivity index (χ3v) is 5.85. The molecule has 2 N–H and O–H groups in total. The minimum Gasteiger partial charge on any atom is -0.352 e. The summed E-state index contributed by atoms with van der Waals surface area (Å²) in [5, 5.41) is 5.96. The van der Waals surface area contributed by atoms with Gasteiger partial charge in [-0.05, 0) is 50.3 Å². The number of hydrogen-bond donors (Lipinski definition) is 2. The number of para-hydroxylation sites is 1. The number of amides is 2. The van der Waals surface area contributed by atoms with Gasteiger partial charge in [0.25, 0.3) is 11.8 Å². The molecule has 1 aliphatic heterocycles. The Kier molecular flexibility index (Phi) is 6.32. The van der Waals surface area contributed by atoms with E-state index in [1.165, 1.54) is 0 Å². The lowest BCUT2D eigenvalue weighted by molar-refractivity contribution is 0.0945. The topological polar surface area (TPSA) is 79.3 Å². The summed E-state index contributed by atoms with van der Waals surface area (Å²) < 4.78 is 2.07. The van der Waals surface area contributed by atoms with Crippen LogP contribution < -0.4 is 10.6 Å². The normalized spacial score (nSPS) is 13.3. The number of benzene rings is 2. The van der Waals surface area contributed by atoms with E-state index in [0.717, 1.165) is 48.5 Å². The summed E-state index contributed by atoms with van der Waals surface area (Å²) in [6.07, 6.45) is 0.923. The molecule has 2 amide bonds. The summed E-state index contributed by atoms with van der Waals surface area (Å²) in [5.74, 6) is 0.620. The third kappa shape index (κ3) is 4.32. The molecule has 7 heteroatoms. The van der Waals surface area contributed by atoms with Crippen molar-refractivity contribution in [3.63, 3.8) is 0 Å². The van der Waals surface area contributed by atoms with Crippen molar-refractivity contribution in [1.82, 2.24) is 25.1 Å². The number of nitrogens with one attached hydrogen (secondary N) is 2. The highest BCUT2D eigenvalue weighted by atomic mass is 16.2. The number of rotatable bonds is 8. The second-order valence-corrected chi connectivity index (χ2v) is 7.73. The molecule has 3 aromatic rings. The maximum absolute atomic E-state index is 12.7. The van der Waals surface area contributed by atoms with E-state index in [1.807, 2.05) is 42.5 Å². The molecule has 7 nitrogen and oxygen atoms in total. The molecule has 2 heterocycles. The van der Waals surface area contributed by atoms with Crippen LogP contribution in [-0.2, 0) is 6.54 Å². The first-order valence-electron chi connectivity index (χ1n) is 11.0. The summed E-state index contributed by atoms with van der Waals surface area (Å²) in [6.45, 7) is 9.15. The molecule has 0 aliphatic carbocycles. The molecule has 0 saturated heterocycles. The lowest BCUT2D eigenvalue weighted by atomic mass is 10.1. The fourth-order valence-electron chi connectivity index (χ4n) is 4.13. The molecule has 0 saturated carbocycles. The van der Waals surface area contributed by atoms with E-state index in [2.05, 4.69) is 33.9 Å². The van der Waals surface area contributed by atoms with Gasteiger partial charge in [-0.25, -0.2) is 4.98 Å². The van der Waals surface area contributed by atoms with Crippen molar-refractivity contribution >= 4 is 22.8 Å². The van der Waals surface area contributed by atoms with Gasteiger partial charge in [-0.2, -0.15) is 0 Å². The predicted molar refractivity (Wildman–Crippen MR) is 122 cm³/mol. The minimum absolute atomic E-state index is 0.0753. The first-order chi connectivity index (χ1) is 15.1. The van der Waals surface area contributed by atoms with E-state index in [-0.39, 0.29) is 11.8 Å². The van der Waals surface area contributed by atoms with Crippen LogP contribution in [0.5, 0.6) is 0 Å². The van der Waals surface area contributed by atoms with Gasteiger partial charge < -0.3 is 20.1 Å². The van der Waals surface area contributed by atoms with Crippen LogP contribution in [0.2, 0.25) is 0 Å². The van der Waals surface area contributed by atoms with Crippen LogP contribution >= 0.6 is 0 Å². The van der Waals surface area contributed by atoms with Gasteiger partial charge >= 0.3 is 0 Å². The quantitative estimate of drug-likeness (QED) is 0.550. The highest BCUT2D eigenvalue weighted by Crippen LogP contribution is 2.28. The molecule has 162 valence electrons. The van der Waals surface area contributed by atoms with Gasteiger partial charge in [0, 0.05) is 30.8 Å². The van der Waals surface area contributed by atoms with Crippen molar-refractivity contribution in [3.05, 3.63) is 53.6 Å². The lowest BCUT2D eigenvalue weighted by Gasteiger charge is -2.17. The second kappa shape index (κ2) is 9.31. The van der Waals surface area contributed by atoms with Crippen LogP contribution in [-0.4, -0.2) is 59.0 Å². The van der Waals surface area contributed by atoms with Crippen molar-refractivity contribution in [3.8, 4) is 11.4 Å². The highest BCUT2D eigenvalue weighted by molar-refractivity contribution is 6.06. The van der Waals surface area contributed by atoms with Gasteiger partial charge in [0.1, 0.15) is 5.82 Å². The minimum atomic E-state index is -0.0779. The maximum atomic E-state index is 12.7. The van der Waals surface area contributed by atoms with E-state index in [4.69, 9.17) is 4.98 Å². The standard InChI is InChI=1S/C24H29N5O2/c1-3-28(4-2)14-7-12-25-23(30)18-9-5-8-17(16-18)22-27-20-11-6-10-19-21(20)29(22)15-13-26-24(19)31/h5-6,8-11,16H,3-4,7,12-15H2,1-2H3,(H,25,30)(H,26,31). The zero-order chi connectivity index (χ0) is 21.8. The predicted octanol–water partition coefficient (Wildman–Crippen LogP) is 2.91. The Morgan fingerprint density at radius 2 is 2.00 bits per heavy atom. The van der Waals surface area contributed by atoms with E-state index in [0.29, 0.717) is 30.8 Å². The number of hydrogen-bond acceptors (Lipinski definition) is 4. The Bertz CT molecular complexity index is 1100. The molecule has 0 radical (unpaired) electrons. The van der Waals surface area contributed by atoms with E-state index >= 15 is 0 Å². The number of carbonyl (C=O) groups is 2. The van der Waals surface area contributed by atoms with Gasteiger partial charge in [0.2, 0.25) is 0 Å². The van der Waals surface area contributed by atoms with Gasteiger partial charge in [0.05, 0.1) is 16.6 Å². The van der Waals surface area contributed by atoms with E-state index < -0.39 is 0 Å². The average Bonchev–Trinajstić information content (AvgIpc) is 3.08. The summed E-state index contributed by atoms with van der Waals surface area (Å²) in [7, 11) is 0. The van der Waals surface area contributed by atoms with Crippen molar-refractivity contribution in [2.24, 2.45) is 0 Å². The first kappa shape index (κ1) is 21.1. The summed E-state index contributed by atoms with van der Waals surface area (Å²) >= 11 is 0. The monoisotopic (exact) mass is 419 g/mol. The average molecular weight is 420 g/mol. The van der Waals surface area contributed by atoms with E-state index in [9.17, 15) is 9.59 Å². The molecule has 0 bridgehead atoms. The zero-order valence-electron chi connectivity index (χ0n) is 18.1. The van der Waals surface area contributed by atoms with Crippen molar-refractivity contribution in [2.75, 3.05) is 32.7 Å². The Hall–Kier alpha value is -3.19. The van der Waals surface area contributed by atoms with E-state index in [1.54, 1.807) is 0 Å². The highest BCUT2D eigenvalue weighted by Gasteiger charge is 2.22. The number of carbonyl (C=O) groups excluding carboxylic acids is 2. The molecule has 0 atom stereocenters. The van der Waals surface area contributed by atoms with Crippen LogP contribution in [0.15, 0.2) is 42.5 Å². The lowest BCUT2D eigenvalue weighted by Crippen LogP contribution is -2.29. The number of imidazole rings is 1. The van der Waals surface area contributed by atoms with Crippen molar-refractivity contribution < 1.29 is 9.59 Å². The van der Waals surface area contributed by atoms with Crippen LogP contribution in [0, 0.1) is 0 Å². The molecule has 2 aromatic carbocycles. The van der Waals surface area contributed by atoms with Crippen molar-refractivity contribution in [2.45, 2.75) is 26.8 Å². The molecule has 1 aliphatic rings. The smallest absolute Gasteiger partial charge is 0.253 e. The molecule has 1 aromatic heterocycles. The number of nitrogens with zero attached hydrogens (tertiary/aromatic N) is 3. The van der Waals surface area contributed by atoms with Crippen LogP contribution in [0.25, 0.3) is 22.4 Å². The van der Waals surface area contributed by atoms with Gasteiger partial charge in [-0.3, -0.25) is 9.59 Å². The molecule has 0 fully saturated rings. The fourth-order valence-corrected chi connectivity index (χ4v) is 4.13. The van der Waals surface area contributed by atoms with Gasteiger partial charge in [-0.1, -0.05) is 32.0 Å². The fraction of sp³-hybridized carbons (Fsp3) is 0.375. The molecular formula is C24H29N5O2. The Labute approximate surface area is 182 Å². The van der Waals surface area contributed by atoms with Gasteiger partial charge in [0.15, 0.2) is 0 Å². The largest absolute Gasteiger partial charge is 0.352 e. The van der Waals surface area contributed by atoms with Crippen molar-refractivity contribution in [1.29, 1.82) is 0 Å². The first-order valence-corrected chi connectivity index (χ1v) is 11.0. The zero-order valence-corrected chi connectivity index (χ0v) is 18.1. The van der Waals surface area contributed by atoms with Crippen LogP contribution in [0.3, 0.4) is 0 Å². The Morgan fingerprint density at radius 3 is 2.81 bits per heavy atom. The third-order valence-electron chi connectivity index (χ3n) is 5.85. The van der Waals surface area contributed by atoms with Crippen LogP contribution in [0.4, 0.5) is 0 Å². The SMILES string of the molecule is CCN(CC)CCCNC(=O)c1cccc(-c2nc3cccc4c3n2CCNC4=O)c1. The van der Waals surface area contributed by atoms with Crippen LogP contribution in [0.1, 0.15) is 41.0 Å². The molecular weight excluding hydrogens is 390 g/mol.